The Bertz CT molecular complexity index is 851. The predicted octanol–water partition coefficient (Wildman–Crippen LogP) is 3.97. The van der Waals surface area contributed by atoms with Crippen molar-refractivity contribution < 1.29 is 19.1 Å². The van der Waals surface area contributed by atoms with Gasteiger partial charge in [-0.2, -0.15) is 0 Å². The van der Waals surface area contributed by atoms with Crippen molar-refractivity contribution in [2.45, 2.75) is 46.3 Å². The number of benzene rings is 2. The van der Waals surface area contributed by atoms with Crippen molar-refractivity contribution in [1.29, 1.82) is 0 Å². The fourth-order valence-electron chi connectivity index (χ4n) is 2.70. The quantitative estimate of drug-likeness (QED) is 0.573. The molecule has 3 N–H and O–H groups in total. The minimum Gasteiger partial charge on any atom is -0.451 e. The number of aryl methyl sites for hydroxylation is 1. The third-order valence-electron chi connectivity index (χ3n) is 4.53. The van der Waals surface area contributed by atoms with E-state index in [0.717, 1.165) is 12.0 Å². The Kier molecular flexibility index (Phi) is 8.41. The topological polar surface area (TPSA) is 96.5 Å². The van der Waals surface area contributed by atoms with E-state index in [2.05, 4.69) is 22.9 Å². The first-order valence-corrected chi connectivity index (χ1v) is 10.0. The lowest BCUT2D eigenvalue weighted by molar-refractivity contribution is -0.156. The zero-order valence-corrected chi connectivity index (χ0v) is 17.8. The van der Waals surface area contributed by atoms with Crippen LogP contribution in [0.1, 0.15) is 33.3 Å². The summed E-state index contributed by atoms with van der Waals surface area (Å²) >= 11 is 0. The zero-order valence-electron chi connectivity index (χ0n) is 17.8. The number of urea groups is 1. The van der Waals surface area contributed by atoms with Crippen LogP contribution in [0, 0.1) is 5.92 Å². The monoisotopic (exact) mass is 411 g/mol. The maximum Gasteiger partial charge on any atom is 0.329 e. The highest BCUT2D eigenvalue weighted by atomic mass is 16.5. The Hall–Kier alpha value is -3.35. The molecule has 0 aliphatic carbocycles. The van der Waals surface area contributed by atoms with Crippen LogP contribution in [0.3, 0.4) is 0 Å². The van der Waals surface area contributed by atoms with E-state index in [4.69, 9.17) is 4.74 Å². The van der Waals surface area contributed by atoms with E-state index in [0.29, 0.717) is 11.4 Å². The number of rotatable bonds is 8. The fourth-order valence-corrected chi connectivity index (χ4v) is 2.70. The van der Waals surface area contributed by atoms with Gasteiger partial charge in [-0.1, -0.05) is 51.1 Å². The van der Waals surface area contributed by atoms with Gasteiger partial charge in [-0.3, -0.25) is 4.79 Å². The minimum absolute atomic E-state index is 0.226. The molecule has 0 unspecified atom stereocenters. The number of amides is 3. The van der Waals surface area contributed by atoms with Gasteiger partial charge in [0, 0.05) is 11.4 Å². The number of anilines is 2. The molecule has 2 aromatic carbocycles. The molecule has 0 radical (unpaired) electrons. The molecule has 7 heteroatoms. The number of hydrogen-bond donors (Lipinski definition) is 3. The molecule has 0 saturated carbocycles. The Balaban J connectivity index is 1.92. The van der Waals surface area contributed by atoms with Gasteiger partial charge in [0.2, 0.25) is 0 Å². The van der Waals surface area contributed by atoms with Crippen molar-refractivity contribution in [2.75, 3.05) is 10.6 Å². The van der Waals surface area contributed by atoms with E-state index in [1.807, 2.05) is 18.2 Å². The van der Waals surface area contributed by atoms with E-state index < -0.39 is 30.1 Å². The summed E-state index contributed by atoms with van der Waals surface area (Å²) in [5.41, 5.74) is 2.39. The molecule has 0 aliphatic rings. The molecule has 30 heavy (non-hydrogen) atoms. The summed E-state index contributed by atoms with van der Waals surface area (Å²) in [6.45, 7) is 7.12. The average molecular weight is 412 g/mol. The second kappa shape index (κ2) is 11.0. The first-order chi connectivity index (χ1) is 14.3. The number of esters is 1. The summed E-state index contributed by atoms with van der Waals surface area (Å²) in [6.07, 6.45) is -0.104. The molecule has 160 valence electrons. The minimum atomic E-state index is -1.01. The van der Waals surface area contributed by atoms with E-state index in [1.54, 1.807) is 50.2 Å². The van der Waals surface area contributed by atoms with Gasteiger partial charge in [0.25, 0.3) is 5.91 Å². The summed E-state index contributed by atoms with van der Waals surface area (Å²) in [5.74, 6) is -1.34. The van der Waals surface area contributed by atoms with Crippen LogP contribution >= 0.6 is 0 Å². The van der Waals surface area contributed by atoms with Crippen molar-refractivity contribution in [3.05, 3.63) is 60.2 Å². The summed E-state index contributed by atoms with van der Waals surface area (Å²) in [6, 6.07) is 14.9. The Labute approximate surface area is 177 Å². The molecule has 7 nitrogen and oxygen atoms in total. The van der Waals surface area contributed by atoms with E-state index in [1.165, 1.54) is 6.92 Å². The molecule has 0 heterocycles. The lowest BCUT2D eigenvalue weighted by atomic mass is 10.0. The molecule has 2 rings (SSSR count). The van der Waals surface area contributed by atoms with Crippen LogP contribution in [0.15, 0.2) is 54.6 Å². The van der Waals surface area contributed by atoms with Crippen LogP contribution in [0.25, 0.3) is 0 Å². The lowest BCUT2D eigenvalue weighted by Gasteiger charge is -2.23. The largest absolute Gasteiger partial charge is 0.451 e. The van der Waals surface area contributed by atoms with Crippen LogP contribution in [0.4, 0.5) is 16.2 Å². The average Bonchev–Trinajstić information content (AvgIpc) is 2.72. The Morgan fingerprint density at radius 2 is 1.47 bits per heavy atom. The highest BCUT2D eigenvalue weighted by molar-refractivity contribution is 5.96. The van der Waals surface area contributed by atoms with Gasteiger partial charge in [-0.05, 0) is 49.1 Å². The van der Waals surface area contributed by atoms with Crippen LogP contribution in [0.5, 0.6) is 0 Å². The maximum atomic E-state index is 12.6. The van der Waals surface area contributed by atoms with Gasteiger partial charge in [0.05, 0.1) is 0 Å². The second-order valence-electron chi connectivity index (χ2n) is 7.31. The van der Waals surface area contributed by atoms with E-state index >= 15 is 0 Å². The molecular formula is C23H29N3O4. The number of hydrogen-bond acceptors (Lipinski definition) is 4. The lowest BCUT2D eigenvalue weighted by Crippen LogP contribution is -2.48. The third-order valence-corrected chi connectivity index (χ3v) is 4.53. The molecule has 0 aliphatic heterocycles. The maximum absolute atomic E-state index is 12.6. The van der Waals surface area contributed by atoms with Gasteiger partial charge in [0.15, 0.2) is 6.10 Å². The SMILES string of the molecule is CCc1ccc(NC(=O)[C@H](C)OC(=O)[C@@H](NC(=O)Nc2ccccc2)C(C)C)cc1. The molecule has 0 bridgehead atoms. The van der Waals surface area contributed by atoms with Crippen molar-refractivity contribution in [1.82, 2.24) is 5.32 Å². The Morgan fingerprint density at radius 3 is 2.03 bits per heavy atom. The smallest absolute Gasteiger partial charge is 0.329 e. The molecule has 0 fully saturated rings. The Morgan fingerprint density at radius 1 is 0.867 bits per heavy atom. The fraction of sp³-hybridized carbons (Fsp3) is 0.348. The van der Waals surface area contributed by atoms with Gasteiger partial charge >= 0.3 is 12.0 Å². The van der Waals surface area contributed by atoms with Crippen LogP contribution in [-0.4, -0.2) is 30.1 Å². The number of carbonyl (C=O) groups is 3. The normalized spacial score (nSPS) is 12.6. The molecular weight excluding hydrogens is 382 g/mol. The van der Waals surface area contributed by atoms with Gasteiger partial charge in [0.1, 0.15) is 6.04 Å². The van der Waals surface area contributed by atoms with E-state index in [-0.39, 0.29) is 5.92 Å². The summed E-state index contributed by atoms with van der Waals surface area (Å²) in [7, 11) is 0. The molecule has 2 atom stereocenters. The van der Waals surface area contributed by atoms with Crippen LogP contribution in [0.2, 0.25) is 0 Å². The first-order valence-electron chi connectivity index (χ1n) is 10.0. The summed E-state index contributed by atoms with van der Waals surface area (Å²) in [4.78, 5) is 37.2. The summed E-state index contributed by atoms with van der Waals surface area (Å²) < 4.78 is 5.31. The summed E-state index contributed by atoms with van der Waals surface area (Å²) in [5, 5.41) is 8.00. The first kappa shape index (κ1) is 22.9. The standard InChI is InChI=1S/C23H29N3O4/c1-5-17-11-13-19(14-12-17)24-21(27)16(4)30-22(28)20(15(2)3)26-23(29)25-18-9-7-6-8-10-18/h6-16,20H,5H2,1-4H3,(H,24,27)(H2,25,26,29)/t16-,20-/m0/s1. The second-order valence-corrected chi connectivity index (χ2v) is 7.31. The number of nitrogens with one attached hydrogen (secondary N) is 3. The highest BCUT2D eigenvalue weighted by Crippen LogP contribution is 2.12. The number of para-hydroxylation sites is 1. The molecule has 2 aromatic rings. The number of carbonyl (C=O) groups excluding carboxylic acids is 3. The van der Waals surface area contributed by atoms with Gasteiger partial charge < -0.3 is 20.7 Å². The van der Waals surface area contributed by atoms with Gasteiger partial charge in [-0.25, -0.2) is 9.59 Å². The van der Waals surface area contributed by atoms with E-state index in [9.17, 15) is 14.4 Å². The molecule has 0 spiro atoms. The van der Waals surface area contributed by atoms with Crippen LogP contribution in [-0.2, 0) is 20.7 Å². The molecule has 3 amide bonds. The molecule has 0 saturated heterocycles. The van der Waals surface area contributed by atoms with Gasteiger partial charge in [-0.15, -0.1) is 0 Å². The van der Waals surface area contributed by atoms with Crippen molar-refractivity contribution in [2.24, 2.45) is 5.92 Å². The predicted molar refractivity (Wildman–Crippen MR) is 117 cm³/mol. The van der Waals surface area contributed by atoms with Crippen molar-refractivity contribution in [3.63, 3.8) is 0 Å². The highest BCUT2D eigenvalue weighted by Gasteiger charge is 2.29. The zero-order chi connectivity index (χ0) is 22.1. The van der Waals surface area contributed by atoms with Crippen LogP contribution < -0.4 is 16.0 Å². The van der Waals surface area contributed by atoms with Crippen molar-refractivity contribution in [3.8, 4) is 0 Å². The number of ether oxygens (including phenoxy) is 1. The van der Waals surface area contributed by atoms with Crippen molar-refractivity contribution >= 4 is 29.3 Å². The third kappa shape index (κ3) is 6.92. The molecule has 0 aromatic heterocycles.